The highest BCUT2D eigenvalue weighted by atomic mass is 16.5. The van der Waals surface area contributed by atoms with Gasteiger partial charge >= 0.3 is 11.9 Å². The normalized spacial score (nSPS) is 12.5. The van der Waals surface area contributed by atoms with Crippen LogP contribution in [0.4, 0.5) is 0 Å². The van der Waals surface area contributed by atoms with Gasteiger partial charge in [-0.3, -0.25) is 4.79 Å². The van der Waals surface area contributed by atoms with Crippen molar-refractivity contribution >= 4 is 11.9 Å². The van der Waals surface area contributed by atoms with Crippen LogP contribution in [-0.4, -0.2) is 46.6 Å². The molecule has 0 radical (unpaired) electrons. The highest BCUT2D eigenvalue weighted by Gasteiger charge is 2.13. The number of rotatable bonds is 9. The van der Waals surface area contributed by atoms with E-state index in [-0.39, 0.29) is 12.5 Å². The van der Waals surface area contributed by atoms with Gasteiger partial charge in [0.1, 0.15) is 12.7 Å². The van der Waals surface area contributed by atoms with Crippen molar-refractivity contribution in [3.63, 3.8) is 0 Å². The van der Waals surface area contributed by atoms with E-state index in [1.807, 2.05) is 6.92 Å². The number of carboxylic acids is 1. The van der Waals surface area contributed by atoms with Gasteiger partial charge in [-0.05, 0) is 25.0 Å². The Balaban J connectivity index is 0.000000470. The largest absolute Gasteiger partial charge is 0.481 e. The van der Waals surface area contributed by atoms with Crippen LogP contribution in [0.3, 0.4) is 0 Å². The number of benzene rings is 1. The molecule has 0 aliphatic rings. The highest BCUT2D eigenvalue weighted by Crippen LogP contribution is 2.11. The predicted molar refractivity (Wildman–Crippen MR) is 90.8 cm³/mol. The van der Waals surface area contributed by atoms with Crippen molar-refractivity contribution in [3.8, 4) is 0 Å². The van der Waals surface area contributed by atoms with Crippen LogP contribution >= 0.6 is 0 Å². The lowest BCUT2D eigenvalue weighted by Crippen LogP contribution is -2.21. The summed E-state index contributed by atoms with van der Waals surface area (Å²) in [5.74, 6) is -1.26. The van der Waals surface area contributed by atoms with Crippen molar-refractivity contribution in [2.24, 2.45) is 5.92 Å². The van der Waals surface area contributed by atoms with E-state index in [0.717, 1.165) is 25.7 Å². The van der Waals surface area contributed by atoms with Gasteiger partial charge in [-0.2, -0.15) is 0 Å². The molecule has 0 heterocycles. The number of ether oxygens (including phenoxy) is 1. The van der Waals surface area contributed by atoms with Crippen molar-refractivity contribution in [1.29, 1.82) is 0 Å². The lowest BCUT2D eigenvalue weighted by molar-refractivity contribution is -0.142. The summed E-state index contributed by atoms with van der Waals surface area (Å²) >= 11 is 0. The number of hydrogen-bond donors (Lipinski definition) is 3. The average Bonchev–Trinajstić information content (AvgIpc) is 2.61. The van der Waals surface area contributed by atoms with E-state index < -0.39 is 24.6 Å². The third-order valence-corrected chi connectivity index (χ3v) is 3.38. The maximum absolute atomic E-state index is 11.3. The number of carbonyl (C=O) groups is 2. The summed E-state index contributed by atoms with van der Waals surface area (Å²) < 4.78 is 4.73. The second-order valence-corrected chi connectivity index (χ2v) is 5.39. The molecule has 0 aliphatic heterocycles. The third-order valence-electron chi connectivity index (χ3n) is 3.38. The zero-order valence-corrected chi connectivity index (χ0v) is 14.4. The van der Waals surface area contributed by atoms with Gasteiger partial charge in [-0.25, -0.2) is 4.79 Å². The Morgan fingerprint density at radius 1 is 1.17 bits per heavy atom. The van der Waals surface area contributed by atoms with E-state index >= 15 is 0 Å². The van der Waals surface area contributed by atoms with Gasteiger partial charge in [0.15, 0.2) is 0 Å². The molecular formula is C18H28O6. The predicted octanol–water partition coefficient (Wildman–Crippen LogP) is 2.48. The highest BCUT2D eigenvalue weighted by molar-refractivity contribution is 5.89. The fourth-order valence-electron chi connectivity index (χ4n) is 1.83. The van der Waals surface area contributed by atoms with Crippen LogP contribution in [0.5, 0.6) is 0 Å². The summed E-state index contributed by atoms with van der Waals surface area (Å²) in [5.41, 5.74) is 0.428. The van der Waals surface area contributed by atoms with Crippen molar-refractivity contribution in [2.75, 3.05) is 13.2 Å². The number of carboxylic acid groups (broad SMARTS) is 1. The van der Waals surface area contributed by atoms with Crippen molar-refractivity contribution in [3.05, 3.63) is 35.9 Å². The second-order valence-electron chi connectivity index (χ2n) is 5.39. The first-order chi connectivity index (χ1) is 11.5. The van der Waals surface area contributed by atoms with Gasteiger partial charge in [0.2, 0.25) is 0 Å². The van der Waals surface area contributed by atoms with Crippen LogP contribution < -0.4 is 0 Å². The summed E-state index contributed by atoms with van der Waals surface area (Å²) in [6.45, 7) is 3.40. The molecule has 0 fully saturated rings. The molecule has 0 amide bonds. The lowest BCUT2D eigenvalue weighted by atomic mass is 10.00. The minimum atomic E-state index is -1.01. The quantitative estimate of drug-likeness (QED) is 0.597. The maximum Gasteiger partial charge on any atom is 0.338 e. The second kappa shape index (κ2) is 13.5. The summed E-state index contributed by atoms with van der Waals surface area (Å²) in [6.07, 6.45) is 2.70. The van der Waals surface area contributed by atoms with Crippen LogP contribution in [0.15, 0.2) is 30.3 Å². The average molecular weight is 340 g/mol. The van der Waals surface area contributed by atoms with Gasteiger partial charge in [0.05, 0.1) is 18.1 Å². The topological polar surface area (TPSA) is 104 Å². The molecule has 0 spiro atoms. The minimum absolute atomic E-state index is 0.111. The first-order valence-electron chi connectivity index (χ1n) is 8.20. The van der Waals surface area contributed by atoms with E-state index in [9.17, 15) is 9.59 Å². The smallest absolute Gasteiger partial charge is 0.338 e. The number of unbranched alkanes of at least 4 members (excludes halogenated alkanes) is 1. The van der Waals surface area contributed by atoms with Gasteiger partial charge < -0.3 is 20.1 Å². The number of aliphatic carboxylic acids is 1. The third kappa shape index (κ3) is 9.97. The van der Waals surface area contributed by atoms with Crippen molar-refractivity contribution in [1.82, 2.24) is 0 Å². The van der Waals surface area contributed by atoms with E-state index in [2.05, 4.69) is 6.92 Å². The minimum Gasteiger partial charge on any atom is -0.481 e. The molecule has 3 N–H and O–H groups in total. The molecule has 6 heteroatoms. The molecule has 2 atom stereocenters. The fourth-order valence-corrected chi connectivity index (χ4v) is 1.83. The Morgan fingerprint density at radius 2 is 1.79 bits per heavy atom. The van der Waals surface area contributed by atoms with E-state index in [1.54, 1.807) is 30.3 Å². The van der Waals surface area contributed by atoms with Crippen LogP contribution in [0, 0.1) is 5.92 Å². The first kappa shape index (κ1) is 22.1. The lowest BCUT2D eigenvalue weighted by Gasteiger charge is -2.07. The van der Waals surface area contributed by atoms with Crippen LogP contribution in [0.1, 0.15) is 49.9 Å². The van der Waals surface area contributed by atoms with Gasteiger partial charge in [-0.1, -0.05) is 44.9 Å². The molecule has 1 aromatic carbocycles. The Labute approximate surface area is 143 Å². The Kier molecular flexibility index (Phi) is 12.4. The van der Waals surface area contributed by atoms with Crippen LogP contribution in [-0.2, 0) is 9.53 Å². The maximum atomic E-state index is 11.3. The molecule has 1 aromatic rings. The molecule has 6 nitrogen and oxygen atoms in total. The van der Waals surface area contributed by atoms with Gasteiger partial charge in [0, 0.05) is 0 Å². The van der Waals surface area contributed by atoms with Crippen LogP contribution in [0.2, 0.25) is 0 Å². The van der Waals surface area contributed by atoms with E-state index in [0.29, 0.717) is 5.56 Å². The number of aliphatic hydroxyl groups is 2. The van der Waals surface area contributed by atoms with Crippen molar-refractivity contribution in [2.45, 2.75) is 45.6 Å². The molecule has 0 bridgehead atoms. The number of aliphatic hydroxyl groups excluding tert-OH is 2. The summed E-state index contributed by atoms with van der Waals surface area (Å²) in [7, 11) is 0. The number of hydrogen-bond acceptors (Lipinski definition) is 5. The zero-order chi connectivity index (χ0) is 18.4. The molecule has 0 aromatic heterocycles. The number of carbonyl (C=O) groups excluding carboxylic acids is 1. The SMILES string of the molecule is CCCCC(CC)C(=O)O.O=C(OCC(O)CO)c1ccccc1. The summed E-state index contributed by atoms with van der Waals surface area (Å²) in [4.78, 5) is 21.7. The Hall–Kier alpha value is -1.92. The summed E-state index contributed by atoms with van der Waals surface area (Å²) in [5, 5.41) is 26.0. The number of esters is 1. The Bertz CT molecular complexity index is 460. The Morgan fingerprint density at radius 3 is 2.25 bits per heavy atom. The molecule has 2 unspecified atom stereocenters. The zero-order valence-electron chi connectivity index (χ0n) is 14.4. The molecule has 0 aliphatic carbocycles. The van der Waals surface area contributed by atoms with E-state index in [4.69, 9.17) is 20.1 Å². The summed E-state index contributed by atoms with van der Waals surface area (Å²) in [6, 6.07) is 8.47. The van der Waals surface area contributed by atoms with Crippen molar-refractivity contribution < 1.29 is 29.6 Å². The molecule has 136 valence electrons. The molecule has 1 rings (SSSR count). The fraction of sp³-hybridized carbons (Fsp3) is 0.556. The molecular weight excluding hydrogens is 312 g/mol. The van der Waals surface area contributed by atoms with Gasteiger partial charge in [-0.15, -0.1) is 0 Å². The first-order valence-corrected chi connectivity index (χ1v) is 8.20. The molecule has 0 saturated heterocycles. The molecule has 0 saturated carbocycles. The van der Waals surface area contributed by atoms with E-state index in [1.165, 1.54) is 0 Å². The molecule has 24 heavy (non-hydrogen) atoms. The van der Waals surface area contributed by atoms with Gasteiger partial charge in [0.25, 0.3) is 0 Å². The standard InChI is InChI=1S/C10H12O4.C8H16O2/c11-6-9(12)7-14-10(13)8-4-2-1-3-5-8;1-3-5-6-7(4-2)8(9)10/h1-5,9,11-12H,6-7H2;7H,3-6H2,1-2H3,(H,9,10). The van der Waals surface area contributed by atoms with Crippen LogP contribution in [0.25, 0.3) is 0 Å². The monoisotopic (exact) mass is 340 g/mol.